The molecule has 0 aliphatic rings. The predicted molar refractivity (Wildman–Crippen MR) is 70.3 cm³/mol. The number of nitrogens with zero attached hydrogens (tertiary/aromatic N) is 4. The van der Waals surface area contributed by atoms with Crippen LogP contribution in [-0.2, 0) is 0 Å². The molecule has 0 bridgehead atoms. The number of aromatic amines is 1. The lowest BCUT2D eigenvalue weighted by Crippen LogP contribution is -2.07. The van der Waals surface area contributed by atoms with E-state index in [1.807, 2.05) is 6.92 Å². The Morgan fingerprint density at radius 2 is 2.32 bits per heavy atom. The van der Waals surface area contributed by atoms with E-state index in [0.29, 0.717) is 23.3 Å². The van der Waals surface area contributed by atoms with Gasteiger partial charge in [-0.1, -0.05) is 0 Å². The number of aryl methyl sites for hydroxylation is 1. The first-order valence-corrected chi connectivity index (χ1v) is 6.37. The number of anilines is 1. The molecule has 8 nitrogen and oxygen atoms in total. The van der Waals surface area contributed by atoms with Gasteiger partial charge in [0.25, 0.3) is 0 Å². The Morgan fingerprint density at radius 1 is 1.53 bits per heavy atom. The number of hydrogen-bond donors (Lipinski definition) is 2. The maximum Gasteiger partial charge on any atom is 0.322 e. The van der Waals surface area contributed by atoms with Crippen LogP contribution in [0.25, 0.3) is 0 Å². The van der Waals surface area contributed by atoms with E-state index in [-0.39, 0.29) is 10.7 Å². The van der Waals surface area contributed by atoms with E-state index in [2.05, 4.69) is 25.3 Å². The van der Waals surface area contributed by atoms with Gasteiger partial charge < -0.3 is 10.3 Å². The van der Waals surface area contributed by atoms with E-state index in [0.717, 1.165) is 11.8 Å². The molecule has 2 aromatic rings. The second-order valence-electron chi connectivity index (χ2n) is 3.57. The first kappa shape index (κ1) is 13.3. The van der Waals surface area contributed by atoms with Crippen molar-refractivity contribution in [1.29, 1.82) is 0 Å². The van der Waals surface area contributed by atoms with Crippen molar-refractivity contribution in [2.75, 3.05) is 11.9 Å². The molecule has 0 aliphatic heterocycles. The maximum atomic E-state index is 11.1. The quantitative estimate of drug-likeness (QED) is 0.489. The Morgan fingerprint density at radius 3 is 2.89 bits per heavy atom. The minimum absolute atomic E-state index is 0.0944. The second-order valence-corrected chi connectivity index (χ2v) is 4.55. The van der Waals surface area contributed by atoms with Crippen molar-refractivity contribution in [3.63, 3.8) is 0 Å². The molecular formula is C10H12N6O2S. The van der Waals surface area contributed by atoms with Crippen LogP contribution in [0.15, 0.2) is 22.6 Å². The van der Waals surface area contributed by atoms with Crippen LogP contribution in [0.4, 0.5) is 11.6 Å². The molecule has 0 aromatic carbocycles. The Labute approximate surface area is 113 Å². The smallest absolute Gasteiger partial charge is 0.322 e. The third-order valence-electron chi connectivity index (χ3n) is 2.21. The third kappa shape index (κ3) is 2.99. The topological polar surface area (TPSA) is 110 Å². The van der Waals surface area contributed by atoms with Crippen LogP contribution in [0.3, 0.4) is 0 Å². The molecule has 2 N–H and O–H groups in total. The van der Waals surface area contributed by atoms with Gasteiger partial charge in [0.2, 0.25) is 5.95 Å². The van der Waals surface area contributed by atoms with E-state index in [1.165, 1.54) is 0 Å². The SMILES string of the molecule is CCNc1nc(C)c([N+](=O)[O-])c(Sc2ncc[nH]2)n1. The van der Waals surface area contributed by atoms with Crippen molar-refractivity contribution in [2.45, 2.75) is 24.0 Å². The zero-order valence-electron chi connectivity index (χ0n) is 10.4. The summed E-state index contributed by atoms with van der Waals surface area (Å²) in [5.74, 6) is 0.375. The van der Waals surface area contributed by atoms with Crippen molar-refractivity contribution in [2.24, 2.45) is 0 Å². The Kier molecular flexibility index (Phi) is 3.95. The fourth-order valence-corrected chi connectivity index (χ4v) is 2.33. The summed E-state index contributed by atoms with van der Waals surface area (Å²) in [4.78, 5) is 25.7. The minimum Gasteiger partial charge on any atom is -0.354 e. The summed E-state index contributed by atoms with van der Waals surface area (Å²) in [6, 6.07) is 0. The number of nitrogens with one attached hydrogen (secondary N) is 2. The van der Waals surface area contributed by atoms with E-state index in [4.69, 9.17) is 0 Å². The molecule has 2 aromatic heterocycles. The lowest BCUT2D eigenvalue weighted by atomic mass is 10.4. The number of hydrogen-bond acceptors (Lipinski definition) is 7. The summed E-state index contributed by atoms with van der Waals surface area (Å²) < 4.78 is 0. The molecule has 0 radical (unpaired) electrons. The molecule has 0 aliphatic carbocycles. The van der Waals surface area contributed by atoms with Crippen LogP contribution in [-0.4, -0.2) is 31.4 Å². The number of aromatic nitrogens is 4. The zero-order valence-corrected chi connectivity index (χ0v) is 11.2. The zero-order chi connectivity index (χ0) is 13.8. The maximum absolute atomic E-state index is 11.1. The fraction of sp³-hybridized carbons (Fsp3) is 0.300. The lowest BCUT2D eigenvalue weighted by Gasteiger charge is -2.06. The van der Waals surface area contributed by atoms with Crippen LogP contribution < -0.4 is 5.32 Å². The molecule has 19 heavy (non-hydrogen) atoms. The summed E-state index contributed by atoms with van der Waals surface area (Å²) >= 11 is 1.10. The Balaban J connectivity index is 2.44. The minimum atomic E-state index is -0.476. The van der Waals surface area contributed by atoms with Gasteiger partial charge in [-0.3, -0.25) is 10.1 Å². The van der Waals surface area contributed by atoms with Gasteiger partial charge in [0.15, 0.2) is 10.2 Å². The van der Waals surface area contributed by atoms with E-state index < -0.39 is 4.92 Å². The molecule has 0 fully saturated rings. The molecule has 9 heteroatoms. The molecule has 0 amide bonds. The molecule has 2 rings (SSSR count). The van der Waals surface area contributed by atoms with Crippen LogP contribution >= 0.6 is 11.8 Å². The third-order valence-corrected chi connectivity index (χ3v) is 3.10. The Bertz CT molecular complexity index is 586. The lowest BCUT2D eigenvalue weighted by molar-refractivity contribution is -0.389. The summed E-state index contributed by atoms with van der Waals surface area (Å²) in [6.07, 6.45) is 3.22. The summed E-state index contributed by atoms with van der Waals surface area (Å²) in [5.41, 5.74) is 0.230. The van der Waals surface area contributed by atoms with Gasteiger partial charge >= 0.3 is 5.69 Å². The summed E-state index contributed by atoms with van der Waals surface area (Å²) in [5, 5.41) is 14.9. The van der Waals surface area contributed by atoms with Gasteiger partial charge in [-0.25, -0.2) is 9.97 Å². The molecule has 0 spiro atoms. The average molecular weight is 280 g/mol. The van der Waals surface area contributed by atoms with Gasteiger partial charge in [-0.15, -0.1) is 0 Å². The monoisotopic (exact) mass is 280 g/mol. The molecule has 0 atom stereocenters. The Hall–Kier alpha value is -2.16. The van der Waals surface area contributed by atoms with E-state index in [9.17, 15) is 10.1 Å². The van der Waals surface area contributed by atoms with Crippen molar-refractivity contribution in [3.8, 4) is 0 Å². The molecule has 2 heterocycles. The highest BCUT2D eigenvalue weighted by Crippen LogP contribution is 2.33. The standard InChI is InChI=1S/C10H12N6O2S/c1-3-11-9-14-6(2)7(16(17)18)8(15-9)19-10-12-4-5-13-10/h4-5H,3H2,1-2H3,(H,12,13)(H,11,14,15). The van der Waals surface area contributed by atoms with Gasteiger partial charge in [-0.05, 0) is 25.6 Å². The largest absolute Gasteiger partial charge is 0.354 e. The van der Waals surface area contributed by atoms with Gasteiger partial charge in [0.05, 0.1) is 4.92 Å². The van der Waals surface area contributed by atoms with Gasteiger partial charge in [0, 0.05) is 18.9 Å². The number of imidazole rings is 1. The summed E-state index contributed by atoms with van der Waals surface area (Å²) in [6.45, 7) is 4.13. The molecule has 0 saturated heterocycles. The van der Waals surface area contributed by atoms with Crippen molar-refractivity contribution < 1.29 is 4.92 Å². The van der Waals surface area contributed by atoms with E-state index in [1.54, 1.807) is 19.3 Å². The van der Waals surface area contributed by atoms with Crippen LogP contribution in [0.2, 0.25) is 0 Å². The predicted octanol–water partition coefficient (Wildman–Crippen LogP) is 2.00. The fourth-order valence-electron chi connectivity index (χ4n) is 1.46. The normalized spacial score (nSPS) is 10.4. The molecule has 0 unspecified atom stereocenters. The van der Waals surface area contributed by atoms with Crippen molar-refractivity contribution in [3.05, 3.63) is 28.2 Å². The highest BCUT2D eigenvalue weighted by atomic mass is 32.2. The van der Waals surface area contributed by atoms with E-state index >= 15 is 0 Å². The van der Waals surface area contributed by atoms with Crippen LogP contribution in [0, 0.1) is 17.0 Å². The summed E-state index contributed by atoms with van der Waals surface area (Å²) in [7, 11) is 0. The number of rotatable bonds is 5. The highest BCUT2D eigenvalue weighted by molar-refractivity contribution is 7.99. The average Bonchev–Trinajstić information content (AvgIpc) is 2.81. The van der Waals surface area contributed by atoms with Crippen molar-refractivity contribution >= 4 is 23.4 Å². The van der Waals surface area contributed by atoms with Gasteiger partial charge in [-0.2, -0.15) is 4.98 Å². The number of nitro groups is 1. The second kappa shape index (κ2) is 5.65. The first-order valence-electron chi connectivity index (χ1n) is 5.56. The molecule has 100 valence electrons. The highest BCUT2D eigenvalue weighted by Gasteiger charge is 2.23. The number of H-pyrrole nitrogens is 1. The van der Waals surface area contributed by atoms with Crippen LogP contribution in [0.1, 0.15) is 12.6 Å². The molecular weight excluding hydrogens is 268 g/mol. The van der Waals surface area contributed by atoms with Crippen molar-refractivity contribution in [1.82, 2.24) is 19.9 Å². The van der Waals surface area contributed by atoms with Crippen LogP contribution in [0.5, 0.6) is 0 Å². The molecule has 0 saturated carbocycles. The first-order chi connectivity index (χ1) is 9.11. The van der Waals surface area contributed by atoms with Gasteiger partial charge in [0.1, 0.15) is 5.69 Å².